The van der Waals surface area contributed by atoms with Crippen LogP contribution in [0.2, 0.25) is 0 Å². The second-order valence-corrected chi connectivity index (χ2v) is 7.86. The Morgan fingerprint density at radius 2 is 1.96 bits per heavy atom. The van der Waals surface area contributed by atoms with Gasteiger partial charge in [-0.05, 0) is 68.3 Å². The Bertz CT molecular complexity index is 621. The van der Waals surface area contributed by atoms with E-state index in [-0.39, 0.29) is 17.7 Å². The van der Waals surface area contributed by atoms with Crippen LogP contribution >= 0.6 is 0 Å². The average Bonchev–Trinajstić information content (AvgIpc) is 2.59. The lowest BCUT2D eigenvalue weighted by Gasteiger charge is -2.27. The third-order valence-electron chi connectivity index (χ3n) is 5.86. The molecule has 1 heterocycles. The van der Waals surface area contributed by atoms with Crippen LogP contribution in [0.1, 0.15) is 51.0 Å². The zero-order chi connectivity index (χ0) is 18.4. The van der Waals surface area contributed by atoms with Crippen LogP contribution in [0.15, 0.2) is 24.3 Å². The number of hydrogen-bond acceptors (Lipinski definition) is 3. The fourth-order valence-corrected chi connectivity index (χ4v) is 3.82. The fraction of sp³-hybridized carbons (Fsp3) is 0.619. The van der Waals surface area contributed by atoms with Crippen LogP contribution in [0.3, 0.4) is 0 Å². The first-order valence-electron chi connectivity index (χ1n) is 9.99. The molecule has 0 bridgehead atoms. The highest BCUT2D eigenvalue weighted by Crippen LogP contribution is 2.27. The van der Waals surface area contributed by atoms with Gasteiger partial charge in [-0.15, -0.1) is 0 Å². The first-order chi connectivity index (χ1) is 12.6. The summed E-state index contributed by atoms with van der Waals surface area (Å²) in [7, 11) is 0. The molecule has 0 aromatic heterocycles. The van der Waals surface area contributed by atoms with E-state index in [0.29, 0.717) is 24.8 Å². The minimum absolute atomic E-state index is 0.111. The smallest absolute Gasteiger partial charge is 0.227 e. The molecule has 1 aliphatic carbocycles. The van der Waals surface area contributed by atoms with Crippen molar-refractivity contribution in [3.05, 3.63) is 29.8 Å². The van der Waals surface area contributed by atoms with Crippen molar-refractivity contribution in [2.24, 2.45) is 17.8 Å². The van der Waals surface area contributed by atoms with Crippen LogP contribution in [0.25, 0.3) is 0 Å². The molecule has 2 fully saturated rings. The van der Waals surface area contributed by atoms with Crippen LogP contribution in [-0.4, -0.2) is 24.9 Å². The summed E-state index contributed by atoms with van der Waals surface area (Å²) < 4.78 is 0. The van der Waals surface area contributed by atoms with Gasteiger partial charge in [0.05, 0.1) is 0 Å². The van der Waals surface area contributed by atoms with Gasteiger partial charge < -0.3 is 16.0 Å². The van der Waals surface area contributed by atoms with Crippen molar-refractivity contribution in [1.82, 2.24) is 10.6 Å². The first kappa shape index (κ1) is 18.9. The van der Waals surface area contributed by atoms with Gasteiger partial charge in [0.1, 0.15) is 0 Å². The van der Waals surface area contributed by atoms with Gasteiger partial charge in [-0.25, -0.2) is 0 Å². The summed E-state index contributed by atoms with van der Waals surface area (Å²) in [5.41, 5.74) is 1.83. The molecule has 1 aromatic rings. The molecule has 2 amide bonds. The molecule has 2 aliphatic rings. The van der Waals surface area contributed by atoms with Crippen molar-refractivity contribution in [2.75, 3.05) is 18.4 Å². The Morgan fingerprint density at radius 1 is 1.19 bits per heavy atom. The molecule has 0 radical (unpaired) electrons. The largest absolute Gasteiger partial charge is 0.352 e. The predicted octanol–water partition coefficient (Wildman–Crippen LogP) is 3.07. The molecule has 1 aliphatic heterocycles. The Kier molecular flexibility index (Phi) is 6.67. The van der Waals surface area contributed by atoms with Crippen molar-refractivity contribution in [3.8, 4) is 0 Å². The molecule has 3 N–H and O–H groups in total. The van der Waals surface area contributed by atoms with Crippen molar-refractivity contribution in [3.63, 3.8) is 0 Å². The highest BCUT2D eigenvalue weighted by atomic mass is 16.2. The molecule has 1 unspecified atom stereocenters. The summed E-state index contributed by atoms with van der Waals surface area (Å²) >= 11 is 0. The predicted molar refractivity (Wildman–Crippen MR) is 104 cm³/mol. The van der Waals surface area contributed by atoms with Gasteiger partial charge >= 0.3 is 0 Å². The molecule has 1 atom stereocenters. The van der Waals surface area contributed by atoms with E-state index in [2.05, 4.69) is 22.9 Å². The number of anilines is 1. The van der Waals surface area contributed by atoms with E-state index in [0.717, 1.165) is 56.4 Å². The molecule has 26 heavy (non-hydrogen) atoms. The summed E-state index contributed by atoms with van der Waals surface area (Å²) in [5, 5.41) is 9.39. The maximum atomic E-state index is 12.3. The molecule has 1 saturated carbocycles. The van der Waals surface area contributed by atoms with Crippen LogP contribution in [0.5, 0.6) is 0 Å². The maximum Gasteiger partial charge on any atom is 0.227 e. The Labute approximate surface area is 156 Å². The average molecular weight is 357 g/mol. The minimum Gasteiger partial charge on any atom is -0.352 e. The second kappa shape index (κ2) is 9.17. The van der Waals surface area contributed by atoms with Crippen LogP contribution < -0.4 is 16.0 Å². The summed E-state index contributed by atoms with van der Waals surface area (Å²) in [6.45, 7) is 4.82. The van der Waals surface area contributed by atoms with Crippen molar-refractivity contribution >= 4 is 17.5 Å². The molecular formula is C21H31N3O2. The van der Waals surface area contributed by atoms with E-state index in [1.54, 1.807) is 0 Å². The van der Waals surface area contributed by atoms with Gasteiger partial charge in [0.25, 0.3) is 0 Å². The van der Waals surface area contributed by atoms with Crippen LogP contribution in [0.4, 0.5) is 5.69 Å². The van der Waals surface area contributed by atoms with E-state index < -0.39 is 0 Å². The van der Waals surface area contributed by atoms with E-state index in [1.807, 2.05) is 24.3 Å². The molecule has 1 saturated heterocycles. The zero-order valence-corrected chi connectivity index (χ0v) is 15.7. The number of piperidine rings is 1. The third-order valence-corrected chi connectivity index (χ3v) is 5.86. The summed E-state index contributed by atoms with van der Waals surface area (Å²) in [4.78, 5) is 24.3. The van der Waals surface area contributed by atoms with Gasteiger partial charge in [-0.3, -0.25) is 9.59 Å². The first-order valence-corrected chi connectivity index (χ1v) is 9.99. The van der Waals surface area contributed by atoms with Crippen LogP contribution in [0, 0.1) is 17.8 Å². The number of nitrogens with one attached hydrogen (secondary N) is 3. The monoisotopic (exact) mass is 357 g/mol. The topological polar surface area (TPSA) is 70.2 Å². The zero-order valence-electron chi connectivity index (χ0n) is 15.7. The van der Waals surface area contributed by atoms with E-state index in [4.69, 9.17) is 0 Å². The Balaban J connectivity index is 1.44. The number of benzene rings is 1. The van der Waals surface area contributed by atoms with E-state index in [9.17, 15) is 9.59 Å². The SMILES string of the molecule is CC(CC(=O)NCc1cccc(NC(=O)C2CCC2)c1)C1CCNCC1. The number of carbonyl (C=O) groups excluding carboxylic acids is 2. The third kappa shape index (κ3) is 5.31. The molecule has 0 spiro atoms. The lowest BCUT2D eigenvalue weighted by Crippen LogP contribution is -2.33. The molecular weight excluding hydrogens is 326 g/mol. The van der Waals surface area contributed by atoms with Crippen molar-refractivity contribution < 1.29 is 9.59 Å². The summed E-state index contributed by atoms with van der Waals surface area (Å²) in [5.74, 6) is 1.47. The van der Waals surface area contributed by atoms with E-state index in [1.165, 1.54) is 0 Å². The van der Waals surface area contributed by atoms with Crippen LogP contribution in [-0.2, 0) is 16.1 Å². The molecule has 5 heteroatoms. The number of amides is 2. The number of rotatable bonds is 7. The van der Waals surface area contributed by atoms with Crippen molar-refractivity contribution in [2.45, 2.75) is 52.0 Å². The van der Waals surface area contributed by atoms with Gasteiger partial charge in [0.15, 0.2) is 0 Å². The maximum absolute atomic E-state index is 12.3. The Hall–Kier alpha value is -1.88. The summed E-state index contributed by atoms with van der Waals surface area (Å²) in [6.07, 6.45) is 6.06. The van der Waals surface area contributed by atoms with Crippen molar-refractivity contribution in [1.29, 1.82) is 0 Å². The Morgan fingerprint density at radius 3 is 2.65 bits per heavy atom. The van der Waals surface area contributed by atoms with E-state index >= 15 is 0 Å². The van der Waals surface area contributed by atoms with Gasteiger partial charge in [0.2, 0.25) is 11.8 Å². The van der Waals surface area contributed by atoms with Gasteiger partial charge in [-0.1, -0.05) is 25.5 Å². The summed E-state index contributed by atoms with van der Waals surface area (Å²) in [6, 6.07) is 7.76. The molecule has 3 rings (SSSR count). The fourth-order valence-electron chi connectivity index (χ4n) is 3.82. The molecule has 142 valence electrons. The number of hydrogen-bond donors (Lipinski definition) is 3. The second-order valence-electron chi connectivity index (χ2n) is 7.86. The quantitative estimate of drug-likeness (QED) is 0.702. The molecule has 5 nitrogen and oxygen atoms in total. The van der Waals surface area contributed by atoms with Gasteiger partial charge in [0, 0.05) is 24.6 Å². The highest BCUT2D eigenvalue weighted by molar-refractivity contribution is 5.93. The lowest BCUT2D eigenvalue weighted by atomic mass is 9.84. The lowest BCUT2D eigenvalue weighted by molar-refractivity contribution is -0.123. The molecule has 1 aromatic carbocycles. The number of carbonyl (C=O) groups is 2. The highest BCUT2D eigenvalue weighted by Gasteiger charge is 2.25. The van der Waals surface area contributed by atoms with Gasteiger partial charge in [-0.2, -0.15) is 0 Å². The normalized spacial score (nSPS) is 19.4. The standard InChI is InChI=1S/C21H31N3O2/c1-15(17-8-10-22-11-9-17)12-20(25)23-14-16-4-2-7-19(13-16)24-21(26)18-5-3-6-18/h2,4,7,13,15,17-18,22H,3,5-6,8-12,14H2,1H3,(H,23,25)(H,24,26). The minimum atomic E-state index is 0.111.